The van der Waals surface area contributed by atoms with Gasteiger partial charge in [0.2, 0.25) is 0 Å². The zero-order valence-corrected chi connectivity index (χ0v) is 11.5. The summed E-state index contributed by atoms with van der Waals surface area (Å²) in [6, 6.07) is 0.816. The van der Waals surface area contributed by atoms with Crippen molar-refractivity contribution in [2.45, 2.75) is 64.3 Å². The van der Waals surface area contributed by atoms with Crippen molar-refractivity contribution < 1.29 is 0 Å². The number of fused-ring (bicyclic) bond motifs is 1. The van der Waals surface area contributed by atoms with Crippen LogP contribution in [0.3, 0.4) is 0 Å². The Morgan fingerprint density at radius 2 is 1.94 bits per heavy atom. The van der Waals surface area contributed by atoms with E-state index in [0.29, 0.717) is 0 Å². The van der Waals surface area contributed by atoms with Gasteiger partial charge < -0.3 is 5.32 Å². The number of rotatable bonds is 9. The predicted molar refractivity (Wildman–Crippen MR) is 75.1 cm³/mol. The SMILES string of the molecule is C=CCCCCCC(NCC)C1CC2CC2C1. The van der Waals surface area contributed by atoms with Crippen LogP contribution in [0.2, 0.25) is 0 Å². The summed E-state index contributed by atoms with van der Waals surface area (Å²) in [5.74, 6) is 3.25. The zero-order valence-electron chi connectivity index (χ0n) is 11.5. The molecule has 2 aliphatic rings. The molecule has 0 aromatic heterocycles. The highest BCUT2D eigenvalue weighted by molar-refractivity contribution is 4.99. The third-order valence-corrected chi connectivity index (χ3v) is 4.74. The van der Waals surface area contributed by atoms with Gasteiger partial charge in [0.05, 0.1) is 0 Å². The lowest BCUT2D eigenvalue weighted by Crippen LogP contribution is -2.35. The van der Waals surface area contributed by atoms with Gasteiger partial charge in [0.25, 0.3) is 0 Å². The van der Waals surface area contributed by atoms with E-state index >= 15 is 0 Å². The van der Waals surface area contributed by atoms with Gasteiger partial charge in [0.15, 0.2) is 0 Å². The Labute approximate surface area is 107 Å². The summed E-state index contributed by atoms with van der Waals surface area (Å²) in [5.41, 5.74) is 0. The molecule has 2 rings (SSSR count). The number of unbranched alkanes of at least 4 members (excludes halogenated alkanes) is 3. The highest BCUT2D eigenvalue weighted by Crippen LogP contribution is 2.55. The Morgan fingerprint density at radius 1 is 1.18 bits per heavy atom. The quantitative estimate of drug-likeness (QED) is 0.468. The molecule has 2 saturated carbocycles. The van der Waals surface area contributed by atoms with Crippen molar-refractivity contribution in [3.05, 3.63) is 12.7 Å². The molecule has 17 heavy (non-hydrogen) atoms. The van der Waals surface area contributed by atoms with E-state index in [0.717, 1.165) is 30.3 Å². The van der Waals surface area contributed by atoms with Gasteiger partial charge in [0.1, 0.15) is 0 Å². The van der Waals surface area contributed by atoms with E-state index in [-0.39, 0.29) is 0 Å². The molecule has 3 atom stereocenters. The van der Waals surface area contributed by atoms with Crippen molar-refractivity contribution in [3.63, 3.8) is 0 Å². The minimum absolute atomic E-state index is 0.816. The molecule has 0 spiro atoms. The fraction of sp³-hybridized carbons (Fsp3) is 0.875. The molecule has 2 aliphatic carbocycles. The van der Waals surface area contributed by atoms with Crippen LogP contribution < -0.4 is 5.32 Å². The van der Waals surface area contributed by atoms with Crippen LogP contribution in [0.4, 0.5) is 0 Å². The van der Waals surface area contributed by atoms with Crippen LogP contribution in [-0.2, 0) is 0 Å². The van der Waals surface area contributed by atoms with E-state index in [1.165, 1.54) is 44.9 Å². The van der Waals surface area contributed by atoms with Crippen molar-refractivity contribution in [3.8, 4) is 0 Å². The van der Waals surface area contributed by atoms with Crippen molar-refractivity contribution in [2.24, 2.45) is 17.8 Å². The summed E-state index contributed by atoms with van der Waals surface area (Å²) >= 11 is 0. The number of hydrogen-bond donors (Lipinski definition) is 1. The maximum Gasteiger partial charge on any atom is 0.00954 e. The van der Waals surface area contributed by atoms with Crippen LogP contribution in [0.5, 0.6) is 0 Å². The van der Waals surface area contributed by atoms with Crippen LogP contribution >= 0.6 is 0 Å². The molecule has 3 unspecified atom stereocenters. The van der Waals surface area contributed by atoms with Gasteiger partial charge in [-0.3, -0.25) is 0 Å². The number of hydrogen-bond acceptors (Lipinski definition) is 1. The first-order valence-electron chi connectivity index (χ1n) is 7.69. The molecule has 0 radical (unpaired) electrons. The smallest absolute Gasteiger partial charge is 0.00954 e. The van der Waals surface area contributed by atoms with Crippen LogP contribution in [0.25, 0.3) is 0 Å². The van der Waals surface area contributed by atoms with E-state index in [1.807, 2.05) is 6.08 Å². The summed E-state index contributed by atoms with van der Waals surface area (Å²) in [5, 5.41) is 3.74. The van der Waals surface area contributed by atoms with E-state index in [4.69, 9.17) is 0 Å². The molecular formula is C16H29N. The second kappa shape index (κ2) is 6.58. The summed E-state index contributed by atoms with van der Waals surface area (Å²) in [6.07, 6.45) is 13.3. The number of allylic oxidation sites excluding steroid dienone is 1. The third kappa shape index (κ3) is 3.84. The molecule has 0 aromatic rings. The van der Waals surface area contributed by atoms with Crippen LogP contribution in [0.15, 0.2) is 12.7 Å². The second-order valence-electron chi connectivity index (χ2n) is 6.08. The van der Waals surface area contributed by atoms with Crippen LogP contribution in [-0.4, -0.2) is 12.6 Å². The molecule has 0 aromatic carbocycles. The summed E-state index contributed by atoms with van der Waals surface area (Å²) in [7, 11) is 0. The highest BCUT2D eigenvalue weighted by Gasteiger charge is 2.47. The van der Waals surface area contributed by atoms with E-state index in [1.54, 1.807) is 6.42 Å². The van der Waals surface area contributed by atoms with E-state index in [9.17, 15) is 0 Å². The third-order valence-electron chi connectivity index (χ3n) is 4.74. The van der Waals surface area contributed by atoms with Crippen molar-refractivity contribution in [1.82, 2.24) is 5.32 Å². The highest BCUT2D eigenvalue weighted by atomic mass is 14.9. The fourth-order valence-electron chi connectivity index (χ4n) is 3.69. The summed E-state index contributed by atoms with van der Waals surface area (Å²) in [4.78, 5) is 0. The van der Waals surface area contributed by atoms with Gasteiger partial charge in [-0.15, -0.1) is 6.58 Å². The second-order valence-corrected chi connectivity index (χ2v) is 6.08. The molecule has 1 N–H and O–H groups in total. The summed E-state index contributed by atoms with van der Waals surface area (Å²) in [6.45, 7) is 7.18. The minimum Gasteiger partial charge on any atom is -0.314 e. The standard InChI is InChI=1S/C16H29N/c1-3-5-6-7-8-9-16(17-4-2)15-11-13-10-14(13)12-15/h3,13-17H,1,4-12H2,2H3. The lowest BCUT2D eigenvalue weighted by molar-refractivity contribution is 0.315. The molecule has 1 nitrogen and oxygen atoms in total. The maximum absolute atomic E-state index is 3.79. The first-order chi connectivity index (χ1) is 8.35. The van der Waals surface area contributed by atoms with Gasteiger partial charge in [-0.25, -0.2) is 0 Å². The summed E-state index contributed by atoms with van der Waals surface area (Å²) < 4.78 is 0. The first kappa shape index (κ1) is 13.1. The largest absolute Gasteiger partial charge is 0.314 e. The molecular weight excluding hydrogens is 206 g/mol. The monoisotopic (exact) mass is 235 g/mol. The van der Waals surface area contributed by atoms with Gasteiger partial charge in [-0.2, -0.15) is 0 Å². The van der Waals surface area contributed by atoms with Gasteiger partial charge in [-0.05, 0) is 62.8 Å². The maximum atomic E-state index is 3.79. The Balaban J connectivity index is 1.63. The van der Waals surface area contributed by atoms with Crippen molar-refractivity contribution in [1.29, 1.82) is 0 Å². The lowest BCUT2D eigenvalue weighted by Gasteiger charge is -2.25. The van der Waals surface area contributed by atoms with Gasteiger partial charge in [-0.1, -0.05) is 25.8 Å². The van der Waals surface area contributed by atoms with Gasteiger partial charge >= 0.3 is 0 Å². The molecule has 1 heteroatoms. The zero-order chi connectivity index (χ0) is 12.1. The molecule has 0 bridgehead atoms. The average Bonchev–Trinajstić information content (AvgIpc) is 2.95. The Morgan fingerprint density at radius 3 is 2.59 bits per heavy atom. The molecule has 0 amide bonds. The Bertz CT molecular complexity index is 226. The molecule has 2 fully saturated rings. The topological polar surface area (TPSA) is 12.0 Å². The molecule has 0 heterocycles. The molecule has 0 saturated heterocycles. The minimum atomic E-state index is 0.816. The van der Waals surface area contributed by atoms with Crippen LogP contribution in [0, 0.1) is 17.8 Å². The molecule has 98 valence electrons. The number of nitrogens with one attached hydrogen (secondary N) is 1. The van der Waals surface area contributed by atoms with Crippen LogP contribution in [0.1, 0.15) is 58.3 Å². The van der Waals surface area contributed by atoms with E-state index < -0.39 is 0 Å². The van der Waals surface area contributed by atoms with Crippen molar-refractivity contribution >= 4 is 0 Å². The lowest BCUT2D eigenvalue weighted by atomic mass is 9.90. The Hall–Kier alpha value is -0.300. The fourth-order valence-corrected chi connectivity index (χ4v) is 3.69. The molecule has 0 aliphatic heterocycles. The van der Waals surface area contributed by atoms with E-state index in [2.05, 4.69) is 18.8 Å². The first-order valence-corrected chi connectivity index (χ1v) is 7.69. The Kier molecular flexibility index (Phi) is 5.09. The predicted octanol–water partition coefficient (Wildman–Crippen LogP) is 4.15. The van der Waals surface area contributed by atoms with Crippen molar-refractivity contribution in [2.75, 3.05) is 6.54 Å². The average molecular weight is 235 g/mol. The normalized spacial score (nSPS) is 32.2. The van der Waals surface area contributed by atoms with Gasteiger partial charge in [0, 0.05) is 6.04 Å².